The van der Waals surface area contributed by atoms with Crippen LogP contribution in [0.3, 0.4) is 0 Å². The van der Waals surface area contributed by atoms with Gasteiger partial charge in [-0.1, -0.05) is 26.0 Å². The highest BCUT2D eigenvalue weighted by Crippen LogP contribution is 2.20. The zero-order valence-electron chi connectivity index (χ0n) is 12.5. The Labute approximate surface area is 123 Å². The fourth-order valence-corrected chi connectivity index (χ4v) is 1.97. The van der Waals surface area contributed by atoms with Gasteiger partial charge in [-0.2, -0.15) is 13.2 Å². The Bertz CT molecular complexity index is 406. The number of rotatable bonds is 8. The van der Waals surface area contributed by atoms with Crippen molar-refractivity contribution in [1.29, 1.82) is 0 Å². The van der Waals surface area contributed by atoms with Crippen LogP contribution in [0, 0.1) is 0 Å². The fourth-order valence-electron chi connectivity index (χ4n) is 1.97. The van der Waals surface area contributed by atoms with Gasteiger partial charge >= 0.3 is 6.18 Å². The van der Waals surface area contributed by atoms with E-state index in [1.165, 1.54) is 4.90 Å². The van der Waals surface area contributed by atoms with Crippen LogP contribution in [0.4, 0.5) is 13.2 Å². The number of benzene rings is 1. The van der Waals surface area contributed by atoms with E-state index >= 15 is 0 Å². The summed E-state index contributed by atoms with van der Waals surface area (Å²) in [7, 11) is 0. The van der Waals surface area contributed by atoms with Gasteiger partial charge in [-0.25, -0.2) is 0 Å². The van der Waals surface area contributed by atoms with Crippen LogP contribution in [0.2, 0.25) is 0 Å². The summed E-state index contributed by atoms with van der Waals surface area (Å²) in [5.41, 5.74) is 6.80. The van der Waals surface area contributed by atoms with Crippen LogP contribution in [0.15, 0.2) is 24.3 Å². The second-order valence-electron chi connectivity index (χ2n) is 4.97. The summed E-state index contributed by atoms with van der Waals surface area (Å²) in [4.78, 5) is 1.30. The molecule has 0 saturated carbocycles. The van der Waals surface area contributed by atoms with E-state index in [1.807, 2.05) is 6.92 Å². The first-order valence-electron chi connectivity index (χ1n) is 7.13. The zero-order chi connectivity index (χ0) is 15.9. The van der Waals surface area contributed by atoms with E-state index < -0.39 is 18.8 Å². The third-order valence-corrected chi connectivity index (χ3v) is 3.09. The number of likely N-dealkylation sites (N-methyl/N-ethyl adjacent to an activating group) is 1. The number of hydrogen-bond acceptors (Lipinski definition) is 3. The highest BCUT2D eigenvalue weighted by Gasteiger charge is 2.30. The van der Waals surface area contributed by atoms with E-state index in [0.717, 1.165) is 17.7 Å². The molecule has 0 fully saturated rings. The number of alkyl halides is 3. The van der Waals surface area contributed by atoms with Crippen LogP contribution in [0.5, 0.6) is 5.75 Å². The van der Waals surface area contributed by atoms with Gasteiger partial charge in [0, 0.05) is 12.6 Å². The first-order valence-corrected chi connectivity index (χ1v) is 7.13. The molecule has 0 aliphatic carbocycles. The third kappa shape index (κ3) is 6.82. The second kappa shape index (κ2) is 8.24. The van der Waals surface area contributed by atoms with Gasteiger partial charge in [0.25, 0.3) is 0 Å². The number of nitrogens with two attached hydrogens (primary N) is 1. The van der Waals surface area contributed by atoms with Crippen molar-refractivity contribution in [3.63, 3.8) is 0 Å². The average molecular weight is 304 g/mol. The Morgan fingerprint density at radius 3 is 2.29 bits per heavy atom. The summed E-state index contributed by atoms with van der Waals surface area (Å²) < 4.78 is 42.7. The Morgan fingerprint density at radius 1 is 1.19 bits per heavy atom. The molecule has 0 aliphatic rings. The van der Waals surface area contributed by atoms with Crippen LogP contribution in [0.25, 0.3) is 0 Å². The fraction of sp³-hybridized carbons (Fsp3) is 0.600. The lowest BCUT2D eigenvalue weighted by Crippen LogP contribution is -2.38. The minimum Gasteiger partial charge on any atom is -0.494 e. The zero-order valence-corrected chi connectivity index (χ0v) is 12.5. The maximum atomic E-state index is 12.4. The molecule has 1 aromatic carbocycles. The summed E-state index contributed by atoms with van der Waals surface area (Å²) >= 11 is 0. The highest BCUT2D eigenvalue weighted by molar-refractivity contribution is 5.29. The molecule has 1 rings (SSSR count). The lowest BCUT2D eigenvalue weighted by atomic mass is 10.1. The van der Waals surface area contributed by atoms with Crippen molar-refractivity contribution in [2.24, 2.45) is 5.73 Å². The van der Waals surface area contributed by atoms with Crippen molar-refractivity contribution in [3.8, 4) is 5.75 Å². The van der Waals surface area contributed by atoms with Crippen LogP contribution in [0.1, 0.15) is 31.9 Å². The topological polar surface area (TPSA) is 38.5 Å². The molecule has 0 spiro atoms. The molecule has 0 saturated heterocycles. The molecule has 6 heteroatoms. The van der Waals surface area contributed by atoms with E-state index in [0.29, 0.717) is 13.2 Å². The SMILES string of the molecule is CCCOc1ccc(C(N)CN(CC)CC(F)(F)F)cc1. The molecule has 0 radical (unpaired) electrons. The molecule has 120 valence electrons. The normalized spacial score (nSPS) is 13.5. The number of nitrogens with zero attached hydrogens (tertiary/aromatic N) is 1. The largest absolute Gasteiger partial charge is 0.494 e. The summed E-state index contributed by atoms with van der Waals surface area (Å²) in [5, 5.41) is 0. The average Bonchev–Trinajstić information content (AvgIpc) is 2.43. The van der Waals surface area contributed by atoms with Gasteiger partial charge in [0.2, 0.25) is 0 Å². The van der Waals surface area contributed by atoms with Crippen molar-refractivity contribution in [2.45, 2.75) is 32.5 Å². The van der Waals surface area contributed by atoms with Gasteiger partial charge in [0.15, 0.2) is 0 Å². The van der Waals surface area contributed by atoms with Crippen molar-refractivity contribution < 1.29 is 17.9 Å². The molecule has 21 heavy (non-hydrogen) atoms. The van der Waals surface area contributed by atoms with Crippen LogP contribution in [-0.4, -0.2) is 37.3 Å². The molecule has 1 aromatic rings. The first-order chi connectivity index (χ1) is 9.85. The summed E-state index contributed by atoms with van der Waals surface area (Å²) in [6.07, 6.45) is -3.28. The third-order valence-electron chi connectivity index (χ3n) is 3.09. The van der Waals surface area contributed by atoms with E-state index in [-0.39, 0.29) is 6.54 Å². The van der Waals surface area contributed by atoms with E-state index in [4.69, 9.17) is 10.5 Å². The van der Waals surface area contributed by atoms with Gasteiger partial charge in [0.05, 0.1) is 13.2 Å². The van der Waals surface area contributed by atoms with Crippen molar-refractivity contribution in [2.75, 3.05) is 26.2 Å². The Balaban J connectivity index is 2.59. The van der Waals surface area contributed by atoms with Crippen molar-refractivity contribution in [3.05, 3.63) is 29.8 Å². The predicted molar refractivity (Wildman–Crippen MR) is 77.3 cm³/mol. The van der Waals surface area contributed by atoms with Gasteiger partial charge in [-0.3, -0.25) is 4.90 Å². The summed E-state index contributed by atoms with van der Waals surface area (Å²) in [6, 6.07) is 6.75. The summed E-state index contributed by atoms with van der Waals surface area (Å²) in [6.45, 7) is 3.90. The van der Waals surface area contributed by atoms with Gasteiger partial charge in [-0.15, -0.1) is 0 Å². The first kappa shape index (κ1) is 17.8. The smallest absolute Gasteiger partial charge is 0.401 e. The molecule has 0 aliphatic heterocycles. The van der Waals surface area contributed by atoms with Crippen molar-refractivity contribution >= 4 is 0 Å². The van der Waals surface area contributed by atoms with Gasteiger partial charge < -0.3 is 10.5 Å². The van der Waals surface area contributed by atoms with E-state index in [9.17, 15) is 13.2 Å². The lowest BCUT2D eigenvalue weighted by molar-refractivity contribution is -0.145. The molecular formula is C15H23F3N2O. The minimum atomic E-state index is -4.20. The van der Waals surface area contributed by atoms with Gasteiger partial charge in [-0.05, 0) is 30.7 Å². The monoisotopic (exact) mass is 304 g/mol. The Kier molecular flexibility index (Phi) is 6.98. The molecule has 0 amide bonds. The standard InChI is InChI=1S/C15H23F3N2O/c1-3-9-21-13-7-5-12(6-8-13)14(19)10-20(4-2)11-15(16,17)18/h5-8,14H,3-4,9-11,19H2,1-2H3. The Hall–Kier alpha value is -1.27. The predicted octanol–water partition coefficient (Wildman–Crippen LogP) is 3.36. The van der Waals surface area contributed by atoms with E-state index in [1.54, 1.807) is 31.2 Å². The highest BCUT2D eigenvalue weighted by atomic mass is 19.4. The van der Waals surface area contributed by atoms with Crippen LogP contribution in [-0.2, 0) is 0 Å². The maximum Gasteiger partial charge on any atom is 0.401 e. The van der Waals surface area contributed by atoms with Crippen LogP contribution < -0.4 is 10.5 Å². The quantitative estimate of drug-likeness (QED) is 0.800. The van der Waals surface area contributed by atoms with Gasteiger partial charge in [0.1, 0.15) is 5.75 Å². The Morgan fingerprint density at radius 2 is 1.81 bits per heavy atom. The molecule has 2 N–H and O–H groups in total. The minimum absolute atomic E-state index is 0.172. The molecule has 3 nitrogen and oxygen atoms in total. The van der Waals surface area contributed by atoms with E-state index in [2.05, 4.69) is 0 Å². The summed E-state index contributed by atoms with van der Waals surface area (Å²) in [5.74, 6) is 0.746. The lowest BCUT2D eigenvalue weighted by Gasteiger charge is -2.25. The van der Waals surface area contributed by atoms with Crippen LogP contribution >= 0.6 is 0 Å². The number of ether oxygens (including phenoxy) is 1. The van der Waals surface area contributed by atoms with Crippen molar-refractivity contribution in [1.82, 2.24) is 4.90 Å². The number of hydrogen-bond donors (Lipinski definition) is 1. The maximum absolute atomic E-state index is 12.4. The second-order valence-corrected chi connectivity index (χ2v) is 4.97. The molecule has 0 heterocycles. The molecule has 0 bridgehead atoms. The number of halogens is 3. The molecule has 1 unspecified atom stereocenters. The molecule has 1 atom stereocenters. The molecule has 0 aromatic heterocycles. The molecular weight excluding hydrogens is 281 g/mol.